The number of nitrogens with two attached hydrogens (primary N) is 1. The van der Waals surface area contributed by atoms with Crippen LogP contribution in [0.1, 0.15) is 44.5 Å². The van der Waals surface area contributed by atoms with Gasteiger partial charge in [-0.2, -0.15) is 0 Å². The predicted octanol–water partition coefficient (Wildman–Crippen LogP) is 2.69. The summed E-state index contributed by atoms with van der Waals surface area (Å²) in [5.74, 6) is 0.176. The molecule has 1 rings (SSSR count). The summed E-state index contributed by atoms with van der Waals surface area (Å²) in [5, 5.41) is 5.06. The van der Waals surface area contributed by atoms with Gasteiger partial charge in [0.25, 0.3) is 0 Å². The Morgan fingerprint density at radius 2 is 2.18 bits per heavy atom. The first-order chi connectivity index (χ1) is 8.10. The number of amides is 1. The third kappa shape index (κ3) is 3.82. The van der Waals surface area contributed by atoms with Crippen LogP contribution in [0.25, 0.3) is 0 Å². The maximum atomic E-state index is 12.0. The minimum absolute atomic E-state index is 0.0420. The number of nitrogens with one attached hydrogen (secondary N) is 1. The summed E-state index contributed by atoms with van der Waals surface area (Å²) in [4.78, 5) is 13.2. The van der Waals surface area contributed by atoms with Crippen LogP contribution in [-0.4, -0.2) is 11.9 Å². The average Bonchev–Trinajstić information content (AvgIpc) is 2.87. The van der Waals surface area contributed by atoms with Crippen LogP contribution in [0.4, 0.5) is 0 Å². The van der Waals surface area contributed by atoms with Crippen molar-refractivity contribution in [2.45, 2.75) is 45.7 Å². The molecular formula is C13H22N2OS. The first-order valence-electron chi connectivity index (χ1n) is 6.19. The van der Waals surface area contributed by atoms with Crippen molar-refractivity contribution in [1.29, 1.82) is 0 Å². The predicted molar refractivity (Wildman–Crippen MR) is 72.9 cm³/mol. The van der Waals surface area contributed by atoms with Gasteiger partial charge in [0.05, 0.1) is 12.1 Å². The second-order valence-electron chi connectivity index (χ2n) is 4.40. The van der Waals surface area contributed by atoms with Crippen LogP contribution in [0.2, 0.25) is 0 Å². The minimum atomic E-state index is -0.408. The maximum Gasteiger partial charge on any atom is 0.237 e. The van der Waals surface area contributed by atoms with E-state index in [-0.39, 0.29) is 17.9 Å². The van der Waals surface area contributed by atoms with Gasteiger partial charge >= 0.3 is 0 Å². The van der Waals surface area contributed by atoms with E-state index in [2.05, 4.69) is 12.2 Å². The zero-order valence-corrected chi connectivity index (χ0v) is 11.6. The first-order valence-corrected chi connectivity index (χ1v) is 7.07. The van der Waals surface area contributed by atoms with Crippen molar-refractivity contribution in [1.82, 2.24) is 5.32 Å². The molecule has 0 saturated carbocycles. The van der Waals surface area contributed by atoms with Crippen molar-refractivity contribution < 1.29 is 4.79 Å². The summed E-state index contributed by atoms with van der Waals surface area (Å²) >= 11 is 1.67. The molecule has 0 spiro atoms. The fraction of sp³-hybridized carbons (Fsp3) is 0.615. The van der Waals surface area contributed by atoms with Gasteiger partial charge in [-0.15, -0.1) is 11.3 Å². The van der Waals surface area contributed by atoms with Gasteiger partial charge < -0.3 is 11.1 Å². The molecule has 0 aliphatic heterocycles. The van der Waals surface area contributed by atoms with Crippen LogP contribution in [0, 0.1) is 5.92 Å². The monoisotopic (exact) mass is 254 g/mol. The number of rotatable bonds is 6. The van der Waals surface area contributed by atoms with Gasteiger partial charge in [0.2, 0.25) is 5.91 Å². The molecule has 3 N–H and O–H groups in total. The first kappa shape index (κ1) is 14.2. The molecule has 3 atom stereocenters. The van der Waals surface area contributed by atoms with E-state index >= 15 is 0 Å². The molecule has 1 aromatic rings. The molecule has 1 aromatic heterocycles. The molecule has 1 heterocycles. The lowest BCUT2D eigenvalue weighted by molar-refractivity contribution is -0.124. The van der Waals surface area contributed by atoms with E-state index in [0.717, 1.165) is 12.8 Å². The summed E-state index contributed by atoms with van der Waals surface area (Å²) in [5.41, 5.74) is 5.92. The number of carbonyl (C=O) groups is 1. The SMILES string of the molecule is CCC(NC(=O)[C@@H](N)[C@@H](C)CC)c1cccs1. The van der Waals surface area contributed by atoms with Gasteiger partial charge in [-0.25, -0.2) is 0 Å². The molecular weight excluding hydrogens is 232 g/mol. The Labute approximate surface area is 107 Å². The number of thiophene rings is 1. The van der Waals surface area contributed by atoms with E-state index in [4.69, 9.17) is 5.73 Å². The lowest BCUT2D eigenvalue weighted by Gasteiger charge is -2.22. The van der Waals surface area contributed by atoms with E-state index in [1.165, 1.54) is 4.88 Å². The topological polar surface area (TPSA) is 55.1 Å². The van der Waals surface area contributed by atoms with Crippen LogP contribution in [0.15, 0.2) is 17.5 Å². The summed E-state index contributed by atoms with van der Waals surface area (Å²) in [6.07, 6.45) is 1.81. The van der Waals surface area contributed by atoms with E-state index in [0.29, 0.717) is 0 Å². The summed E-state index contributed by atoms with van der Waals surface area (Å²) in [6, 6.07) is 3.74. The molecule has 0 aliphatic rings. The zero-order chi connectivity index (χ0) is 12.8. The smallest absolute Gasteiger partial charge is 0.237 e. The fourth-order valence-electron chi connectivity index (χ4n) is 1.64. The third-order valence-electron chi connectivity index (χ3n) is 3.17. The highest BCUT2D eigenvalue weighted by Crippen LogP contribution is 2.22. The Bertz CT molecular complexity index is 337. The molecule has 0 fully saturated rings. The van der Waals surface area contributed by atoms with Crippen LogP contribution in [0.5, 0.6) is 0 Å². The molecule has 17 heavy (non-hydrogen) atoms. The normalized spacial score (nSPS) is 16.2. The molecule has 4 heteroatoms. The van der Waals surface area contributed by atoms with Gasteiger partial charge in [0, 0.05) is 4.88 Å². The average molecular weight is 254 g/mol. The largest absolute Gasteiger partial charge is 0.347 e. The molecule has 96 valence electrons. The quantitative estimate of drug-likeness (QED) is 0.820. The van der Waals surface area contributed by atoms with Crippen LogP contribution < -0.4 is 11.1 Å². The highest BCUT2D eigenvalue weighted by atomic mass is 32.1. The molecule has 0 aromatic carbocycles. The fourth-order valence-corrected chi connectivity index (χ4v) is 2.51. The molecule has 0 aliphatic carbocycles. The highest BCUT2D eigenvalue weighted by Gasteiger charge is 2.22. The number of hydrogen-bond donors (Lipinski definition) is 2. The van der Waals surface area contributed by atoms with Gasteiger partial charge in [0.1, 0.15) is 0 Å². The van der Waals surface area contributed by atoms with E-state index < -0.39 is 6.04 Å². The molecule has 1 amide bonds. The van der Waals surface area contributed by atoms with Crippen molar-refractivity contribution in [2.24, 2.45) is 11.7 Å². The maximum absolute atomic E-state index is 12.0. The van der Waals surface area contributed by atoms with Gasteiger partial charge in [-0.1, -0.05) is 33.3 Å². The van der Waals surface area contributed by atoms with Gasteiger partial charge in [-0.3, -0.25) is 4.79 Å². The Morgan fingerprint density at radius 3 is 2.65 bits per heavy atom. The van der Waals surface area contributed by atoms with Gasteiger partial charge in [0.15, 0.2) is 0 Å². The van der Waals surface area contributed by atoms with E-state index in [1.807, 2.05) is 31.4 Å². The standard InChI is InChI=1S/C13H22N2OS/c1-4-9(3)12(14)13(16)15-10(5-2)11-7-6-8-17-11/h6-10,12H,4-5,14H2,1-3H3,(H,15,16)/t9-,10?,12-/m0/s1. The molecule has 0 saturated heterocycles. The summed E-state index contributed by atoms with van der Waals surface area (Å²) < 4.78 is 0. The molecule has 1 unspecified atom stereocenters. The minimum Gasteiger partial charge on any atom is -0.347 e. The van der Waals surface area contributed by atoms with Crippen molar-refractivity contribution in [3.63, 3.8) is 0 Å². The van der Waals surface area contributed by atoms with E-state index in [1.54, 1.807) is 11.3 Å². The number of hydrogen-bond acceptors (Lipinski definition) is 3. The summed E-state index contributed by atoms with van der Waals surface area (Å²) in [6.45, 7) is 6.13. The van der Waals surface area contributed by atoms with Crippen molar-refractivity contribution >= 4 is 17.2 Å². The van der Waals surface area contributed by atoms with Crippen LogP contribution in [0.3, 0.4) is 0 Å². The van der Waals surface area contributed by atoms with Crippen molar-refractivity contribution in [3.05, 3.63) is 22.4 Å². The Morgan fingerprint density at radius 1 is 1.47 bits per heavy atom. The lowest BCUT2D eigenvalue weighted by atomic mass is 9.99. The Balaban J connectivity index is 2.60. The van der Waals surface area contributed by atoms with E-state index in [9.17, 15) is 4.79 Å². The zero-order valence-electron chi connectivity index (χ0n) is 10.8. The van der Waals surface area contributed by atoms with Gasteiger partial charge in [-0.05, 0) is 23.8 Å². The lowest BCUT2D eigenvalue weighted by Crippen LogP contribution is -2.45. The van der Waals surface area contributed by atoms with Crippen LogP contribution in [-0.2, 0) is 4.79 Å². The Kier molecular flexibility index (Phi) is 5.65. The second-order valence-corrected chi connectivity index (χ2v) is 5.38. The van der Waals surface area contributed by atoms with Crippen LogP contribution >= 0.6 is 11.3 Å². The molecule has 0 bridgehead atoms. The third-order valence-corrected chi connectivity index (χ3v) is 4.16. The van der Waals surface area contributed by atoms with Crippen molar-refractivity contribution in [3.8, 4) is 0 Å². The molecule has 3 nitrogen and oxygen atoms in total. The van der Waals surface area contributed by atoms with Crippen molar-refractivity contribution in [2.75, 3.05) is 0 Å². The summed E-state index contributed by atoms with van der Waals surface area (Å²) in [7, 11) is 0. The second kappa shape index (κ2) is 6.77. The number of carbonyl (C=O) groups excluding carboxylic acids is 1. The Hall–Kier alpha value is -0.870. The highest BCUT2D eigenvalue weighted by molar-refractivity contribution is 7.10. The molecule has 0 radical (unpaired) electrons.